The van der Waals surface area contributed by atoms with Gasteiger partial charge in [-0.1, -0.05) is 18.2 Å². The van der Waals surface area contributed by atoms with Crippen molar-refractivity contribution in [2.24, 2.45) is 5.73 Å². The van der Waals surface area contributed by atoms with Gasteiger partial charge in [0.1, 0.15) is 0 Å². The van der Waals surface area contributed by atoms with E-state index in [-0.39, 0.29) is 5.91 Å². The zero-order chi connectivity index (χ0) is 9.68. The summed E-state index contributed by atoms with van der Waals surface area (Å²) < 4.78 is 0. The van der Waals surface area contributed by atoms with Gasteiger partial charge in [-0.2, -0.15) is 0 Å². The maximum Gasteiger partial charge on any atom is 0.249 e. The molecule has 2 N–H and O–H groups in total. The second-order valence-electron chi connectivity index (χ2n) is 3.13. The summed E-state index contributed by atoms with van der Waals surface area (Å²) in [5.41, 5.74) is 6.08. The summed E-state index contributed by atoms with van der Waals surface area (Å²) in [4.78, 5) is 13.5. The molecule has 0 unspecified atom stereocenters. The molecule has 0 atom stereocenters. The molecular weight excluding hydrogens is 164 g/mol. The third-order valence-electron chi connectivity index (χ3n) is 2.11. The van der Waals surface area contributed by atoms with Gasteiger partial charge in [-0.15, -0.1) is 0 Å². The molecule has 0 saturated heterocycles. The fourth-order valence-electron chi connectivity index (χ4n) is 1.34. The maximum atomic E-state index is 11.7. The minimum Gasteiger partial charge on any atom is -0.335 e. The zero-order valence-corrected chi connectivity index (χ0v) is 7.99. The Morgan fingerprint density at radius 1 is 1.62 bits per heavy atom. The van der Waals surface area contributed by atoms with Crippen molar-refractivity contribution in [3.8, 4) is 0 Å². The molecule has 0 saturated carbocycles. The van der Waals surface area contributed by atoms with E-state index < -0.39 is 0 Å². The van der Waals surface area contributed by atoms with Gasteiger partial charge in [-0.05, 0) is 13.3 Å². The Labute approximate surface area is 78.9 Å². The second kappa shape index (κ2) is 4.82. The van der Waals surface area contributed by atoms with E-state index in [1.807, 2.05) is 17.9 Å². The van der Waals surface area contributed by atoms with Gasteiger partial charge in [-0.25, -0.2) is 0 Å². The quantitative estimate of drug-likeness (QED) is 0.502. The third kappa shape index (κ3) is 2.70. The predicted molar refractivity (Wildman–Crippen MR) is 53.1 cm³/mol. The average Bonchev–Trinajstić information content (AvgIpc) is 2.18. The van der Waals surface area contributed by atoms with Gasteiger partial charge in [0.2, 0.25) is 5.91 Å². The average molecular weight is 180 g/mol. The van der Waals surface area contributed by atoms with E-state index in [1.165, 1.54) is 0 Å². The highest BCUT2D eigenvalue weighted by Gasteiger charge is 2.14. The van der Waals surface area contributed by atoms with Crippen LogP contribution in [-0.4, -0.2) is 30.4 Å². The highest BCUT2D eigenvalue weighted by molar-refractivity contribution is 5.93. The summed E-state index contributed by atoms with van der Waals surface area (Å²) >= 11 is 0. The van der Waals surface area contributed by atoms with Crippen LogP contribution in [0.4, 0.5) is 0 Å². The molecule has 0 bridgehead atoms. The molecule has 0 radical (unpaired) electrons. The lowest BCUT2D eigenvalue weighted by Crippen LogP contribution is -2.34. The van der Waals surface area contributed by atoms with Crippen LogP contribution in [-0.2, 0) is 4.79 Å². The van der Waals surface area contributed by atoms with Gasteiger partial charge < -0.3 is 10.6 Å². The van der Waals surface area contributed by atoms with Crippen LogP contribution in [0.3, 0.4) is 0 Å². The number of amides is 1. The van der Waals surface area contributed by atoms with E-state index in [0.29, 0.717) is 6.54 Å². The molecule has 72 valence electrons. The molecule has 0 fully saturated rings. The highest BCUT2D eigenvalue weighted by Crippen LogP contribution is 2.06. The van der Waals surface area contributed by atoms with Crippen LogP contribution in [0.2, 0.25) is 0 Å². The van der Waals surface area contributed by atoms with E-state index >= 15 is 0 Å². The van der Waals surface area contributed by atoms with Crippen LogP contribution < -0.4 is 5.73 Å². The normalized spacial score (nSPS) is 17.7. The molecule has 0 aromatic carbocycles. The van der Waals surface area contributed by atoms with Gasteiger partial charge in [0, 0.05) is 25.2 Å². The standard InChI is InChI=1S/C10H16N2O/c1-9(5-6-11)10(13)12-7-3-2-4-8-12/h2-3,5H,4,6-8,11H2,1H3/b9-5-. The van der Waals surface area contributed by atoms with Gasteiger partial charge in [0.15, 0.2) is 0 Å². The summed E-state index contributed by atoms with van der Waals surface area (Å²) in [6.45, 7) is 3.80. The van der Waals surface area contributed by atoms with Crippen molar-refractivity contribution in [2.75, 3.05) is 19.6 Å². The first-order valence-electron chi connectivity index (χ1n) is 4.57. The Balaban J connectivity index is 2.56. The van der Waals surface area contributed by atoms with Crippen LogP contribution in [0, 0.1) is 0 Å². The number of hydrogen-bond acceptors (Lipinski definition) is 2. The summed E-state index contributed by atoms with van der Waals surface area (Å²) in [6.07, 6.45) is 6.85. The molecular formula is C10H16N2O. The number of nitrogens with zero attached hydrogens (tertiary/aromatic N) is 1. The van der Waals surface area contributed by atoms with E-state index in [9.17, 15) is 4.79 Å². The monoisotopic (exact) mass is 180 g/mol. The highest BCUT2D eigenvalue weighted by atomic mass is 16.2. The second-order valence-corrected chi connectivity index (χ2v) is 3.13. The Hall–Kier alpha value is -1.09. The minimum atomic E-state index is 0.106. The van der Waals surface area contributed by atoms with Crippen molar-refractivity contribution in [1.29, 1.82) is 0 Å². The number of carbonyl (C=O) groups is 1. The predicted octanol–water partition coefficient (Wildman–Crippen LogP) is 0.680. The Morgan fingerprint density at radius 3 is 2.92 bits per heavy atom. The fraction of sp³-hybridized carbons (Fsp3) is 0.500. The van der Waals surface area contributed by atoms with Gasteiger partial charge >= 0.3 is 0 Å². The first-order chi connectivity index (χ1) is 6.25. The van der Waals surface area contributed by atoms with Crippen molar-refractivity contribution in [3.05, 3.63) is 23.8 Å². The lowest BCUT2D eigenvalue weighted by atomic mass is 10.2. The lowest BCUT2D eigenvalue weighted by Gasteiger charge is -2.23. The number of carbonyl (C=O) groups excluding carboxylic acids is 1. The minimum absolute atomic E-state index is 0.106. The largest absolute Gasteiger partial charge is 0.335 e. The SMILES string of the molecule is C/C(=C/CN)C(=O)N1CC=CCC1. The zero-order valence-electron chi connectivity index (χ0n) is 7.99. The topological polar surface area (TPSA) is 46.3 Å². The van der Waals surface area contributed by atoms with Crippen LogP contribution in [0.1, 0.15) is 13.3 Å². The number of hydrogen-bond donors (Lipinski definition) is 1. The van der Waals surface area contributed by atoms with E-state index in [2.05, 4.69) is 6.08 Å². The van der Waals surface area contributed by atoms with Crippen LogP contribution >= 0.6 is 0 Å². The number of rotatable bonds is 2. The first kappa shape index (κ1) is 9.99. The molecule has 0 aromatic rings. The van der Waals surface area contributed by atoms with E-state index in [4.69, 9.17) is 5.73 Å². The molecule has 1 aliphatic heterocycles. The van der Waals surface area contributed by atoms with Crippen LogP contribution in [0.25, 0.3) is 0 Å². The molecule has 0 aromatic heterocycles. The Morgan fingerprint density at radius 2 is 2.38 bits per heavy atom. The molecule has 0 aliphatic carbocycles. The molecule has 13 heavy (non-hydrogen) atoms. The smallest absolute Gasteiger partial charge is 0.249 e. The van der Waals surface area contributed by atoms with Crippen molar-refractivity contribution in [1.82, 2.24) is 4.90 Å². The van der Waals surface area contributed by atoms with Crippen LogP contribution in [0.5, 0.6) is 0 Å². The van der Waals surface area contributed by atoms with Crippen molar-refractivity contribution in [3.63, 3.8) is 0 Å². The van der Waals surface area contributed by atoms with Crippen molar-refractivity contribution >= 4 is 5.91 Å². The molecule has 1 rings (SSSR count). The summed E-state index contributed by atoms with van der Waals surface area (Å²) in [5.74, 6) is 0.106. The fourth-order valence-corrected chi connectivity index (χ4v) is 1.34. The Bertz CT molecular complexity index is 243. The molecule has 3 heteroatoms. The third-order valence-corrected chi connectivity index (χ3v) is 2.11. The van der Waals surface area contributed by atoms with Crippen molar-refractivity contribution in [2.45, 2.75) is 13.3 Å². The van der Waals surface area contributed by atoms with E-state index in [1.54, 1.807) is 6.08 Å². The summed E-state index contributed by atoms with van der Waals surface area (Å²) in [7, 11) is 0. The lowest BCUT2D eigenvalue weighted by molar-refractivity contribution is -0.126. The van der Waals surface area contributed by atoms with Gasteiger partial charge in [0.05, 0.1) is 0 Å². The summed E-state index contributed by atoms with van der Waals surface area (Å²) in [6, 6.07) is 0. The molecule has 1 heterocycles. The molecule has 1 amide bonds. The van der Waals surface area contributed by atoms with Gasteiger partial charge in [0.25, 0.3) is 0 Å². The maximum absolute atomic E-state index is 11.7. The number of nitrogens with two attached hydrogens (primary N) is 1. The summed E-state index contributed by atoms with van der Waals surface area (Å²) in [5, 5.41) is 0. The molecule has 0 spiro atoms. The molecule has 3 nitrogen and oxygen atoms in total. The van der Waals surface area contributed by atoms with E-state index in [0.717, 1.165) is 25.1 Å². The van der Waals surface area contributed by atoms with Gasteiger partial charge in [-0.3, -0.25) is 4.79 Å². The van der Waals surface area contributed by atoms with Crippen LogP contribution in [0.15, 0.2) is 23.8 Å². The Kier molecular flexibility index (Phi) is 3.71. The molecule has 1 aliphatic rings. The first-order valence-corrected chi connectivity index (χ1v) is 4.57. The van der Waals surface area contributed by atoms with Crippen molar-refractivity contribution < 1.29 is 4.79 Å².